The first-order valence-electron chi connectivity index (χ1n) is 7.80. The molecule has 0 bridgehead atoms. The van der Waals surface area contributed by atoms with Gasteiger partial charge in [0, 0.05) is 0 Å². The molecule has 0 aliphatic carbocycles. The van der Waals surface area contributed by atoms with E-state index in [-0.39, 0.29) is 0 Å². The molecule has 0 heterocycles. The molecule has 0 aliphatic heterocycles. The van der Waals surface area contributed by atoms with Gasteiger partial charge in [-0.15, -0.1) is 0 Å². The first-order chi connectivity index (χ1) is 10.2. The number of rotatable bonds is 7. The fourth-order valence-electron chi connectivity index (χ4n) is 2.91. The second-order valence-corrected chi connectivity index (χ2v) is 5.78. The summed E-state index contributed by atoms with van der Waals surface area (Å²) in [5.74, 6) is 1.21. The maximum absolute atomic E-state index is 3.93. The molecule has 110 valence electrons. The zero-order valence-corrected chi connectivity index (χ0v) is 13.1. The second-order valence-electron chi connectivity index (χ2n) is 5.78. The van der Waals surface area contributed by atoms with Gasteiger partial charge in [-0.25, -0.2) is 0 Å². The van der Waals surface area contributed by atoms with Crippen molar-refractivity contribution in [2.24, 2.45) is 4.99 Å². The summed E-state index contributed by atoms with van der Waals surface area (Å²) in [4.78, 5) is 3.93. The van der Waals surface area contributed by atoms with Crippen LogP contribution < -0.4 is 0 Å². The molecule has 2 aromatic carbocycles. The van der Waals surface area contributed by atoms with Crippen LogP contribution in [0.4, 0.5) is 0 Å². The highest BCUT2D eigenvalue weighted by atomic mass is 14.7. The number of hydrogen-bond acceptors (Lipinski definition) is 1. The van der Waals surface area contributed by atoms with Gasteiger partial charge in [0.1, 0.15) is 0 Å². The van der Waals surface area contributed by atoms with E-state index in [9.17, 15) is 0 Å². The van der Waals surface area contributed by atoms with Crippen molar-refractivity contribution in [1.29, 1.82) is 0 Å². The molecule has 0 N–H and O–H groups in total. The van der Waals surface area contributed by atoms with Crippen molar-refractivity contribution in [1.82, 2.24) is 0 Å². The molecule has 0 spiro atoms. The van der Waals surface area contributed by atoms with Crippen LogP contribution in [0, 0.1) is 0 Å². The van der Waals surface area contributed by atoms with E-state index in [2.05, 4.69) is 80.2 Å². The highest BCUT2D eigenvalue weighted by molar-refractivity contribution is 5.29. The predicted molar refractivity (Wildman–Crippen MR) is 92.2 cm³/mol. The van der Waals surface area contributed by atoms with Crippen LogP contribution >= 0.6 is 0 Å². The van der Waals surface area contributed by atoms with Crippen LogP contribution in [0.2, 0.25) is 0 Å². The summed E-state index contributed by atoms with van der Waals surface area (Å²) in [6.07, 6.45) is 2.38. The Morgan fingerprint density at radius 1 is 0.952 bits per heavy atom. The molecule has 21 heavy (non-hydrogen) atoms. The zero-order chi connectivity index (χ0) is 15.1. The fourth-order valence-corrected chi connectivity index (χ4v) is 2.91. The van der Waals surface area contributed by atoms with Crippen molar-refractivity contribution in [3.63, 3.8) is 0 Å². The van der Waals surface area contributed by atoms with Gasteiger partial charge in [0.05, 0.1) is 6.54 Å². The lowest BCUT2D eigenvalue weighted by molar-refractivity contribution is 0.544. The molecule has 0 amide bonds. The van der Waals surface area contributed by atoms with E-state index in [1.165, 1.54) is 29.5 Å². The number of hydrogen-bond donors (Lipinski definition) is 0. The van der Waals surface area contributed by atoms with E-state index in [1.807, 2.05) is 0 Å². The Hall–Kier alpha value is -1.89. The SMILES string of the molecule is C=NCc1ccc(C(C)CC(CC)c2ccccc2)cc1. The van der Waals surface area contributed by atoms with Crippen molar-refractivity contribution in [2.45, 2.75) is 45.1 Å². The Morgan fingerprint density at radius 3 is 2.19 bits per heavy atom. The van der Waals surface area contributed by atoms with Gasteiger partial charge in [-0.3, -0.25) is 4.99 Å². The monoisotopic (exact) mass is 279 g/mol. The number of aliphatic imine (C=N–C) groups is 1. The van der Waals surface area contributed by atoms with Crippen molar-refractivity contribution >= 4 is 6.72 Å². The largest absolute Gasteiger partial charge is 0.296 e. The number of nitrogens with zero attached hydrogens (tertiary/aromatic N) is 1. The summed E-state index contributed by atoms with van der Waals surface area (Å²) >= 11 is 0. The Bertz CT molecular complexity index is 542. The highest BCUT2D eigenvalue weighted by Crippen LogP contribution is 2.31. The first-order valence-corrected chi connectivity index (χ1v) is 7.80. The maximum atomic E-state index is 3.93. The Balaban J connectivity index is 2.05. The number of benzene rings is 2. The third-order valence-corrected chi connectivity index (χ3v) is 4.24. The minimum absolute atomic E-state index is 0.570. The van der Waals surface area contributed by atoms with E-state index >= 15 is 0 Å². The molecule has 1 heteroatoms. The van der Waals surface area contributed by atoms with E-state index in [4.69, 9.17) is 0 Å². The lowest BCUT2D eigenvalue weighted by Crippen LogP contribution is -2.03. The van der Waals surface area contributed by atoms with Crippen LogP contribution in [0.1, 0.15) is 55.2 Å². The quantitative estimate of drug-likeness (QED) is 0.587. The molecule has 0 saturated heterocycles. The van der Waals surface area contributed by atoms with Crippen molar-refractivity contribution in [3.8, 4) is 0 Å². The molecule has 0 aromatic heterocycles. The molecule has 0 fully saturated rings. The lowest BCUT2D eigenvalue weighted by Gasteiger charge is -2.20. The molecule has 2 unspecified atom stereocenters. The van der Waals surface area contributed by atoms with E-state index in [0.29, 0.717) is 18.4 Å². The third kappa shape index (κ3) is 4.29. The van der Waals surface area contributed by atoms with Crippen LogP contribution in [0.25, 0.3) is 0 Å². The molecule has 0 radical (unpaired) electrons. The van der Waals surface area contributed by atoms with Gasteiger partial charge in [0.2, 0.25) is 0 Å². The van der Waals surface area contributed by atoms with Gasteiger partial charge in [-0.2, -0.15) is 0 Å². The normalized spacial score (nSPS) is 13.6. The molecule has 0 saturated carbocycles. The maximum Gasteiger partial charge on any atom is 0.0632 e. The standard InChI is InChI=1S/C20H25N/c1-4-18(20-8-6-5-7-9-20)14-16(2)19-12-10-17(11-13-19)15-21-3/h5-13,16,18H,3-4,14-15H2,1-2H3. The van der Waals surface area contributed by atoms with Gasteiger partial charge >= 0.3 is 0 Å². The van der Waals surface area contributed by atoms with Gasteiger partial charge in [0.15, 0.2) is 0 Å². The van der Waals surface area contributed by atoms with Crippen LogP contribution in [0.3, 0.4) is 0 Å². The van der Waals surface area contributed by atoms with Crippen LogP contribution in [0.5, 0.6) is 0 Å². The average molecular weight is 279 g/mol. The van der Waals surface area contributed by atoms with Crippen LogP contribution in [0.15, 0.2) is 59.6 Å². The van der Waals surface area contributed by atoms with Gasteiger partial charge < -0.3 is 0 Å². The predicted octanol–water partition coefficient (Wildman–Crippen LogP) is 5.57. The Labute approximate surface area is 128 Å². The van der Waals surface area contributed by atoms with E-state index in [0.717, 1.165) is 0 Å². The summed E-state index contributed by atoms with van der Waals surface area (Å²) in [5, 5.41) is 0. The zero-order valence-electron chi connectivity index (χ0n) is 13.1. The first kappa shape index (κ1) is 15.5. The van der Waals surface area contributed by atoms with Crippen molar-refractivity contribution in [2.75, 3.05) is 0 Å². The lowest BCUT2D eigenvalue weighted by atomic mass is 9.84. The van der Waals surface area contributed by atoms with Crippen molar-refractivity contribution in [3.05, 3.63) is 71.3 Å². The second kappa shape index (κ2) is 7.78. The van der Waals surface area contributed by atoms with Gasteiger partial charge in [-0.1, -0.05) is 68.4 Å². The van der Waals surface area contributed by atoms with E-state index in [1.54, 1.807) is 0 Å². The van der Waals surface area contributed by atoms with Gasteiger partial charge in [0.25, 0.3) is 0 Å². The molecule has 2 rings (SSSR count). The highest BCUT2D eigenvalue weighted by Gasteiger charge is 2.14. The molecule has 0 aliphatic rings. The third-order valence-electron chi connectivity index (χ3n) is 4.24. The molecular weight excluding hydrogens is 254 g/mol. The van der Waals surface area contributed by atoms with Crippen LogP contribution in [-0.2, 0) is 6.54 Å². The molecule has 1 nitrogen and oxygen atoms in total. The molecule has 2 aromatic rings. The molecular formula is C20H25N. The van der Waals surface area contributed by atoms with Crippen LogP contribution in [-0.4, -0.2) is 6.72 Å². The average Bonchev–Trinajstić information content (AvgIpc) is 2.54. The van der Waals surface area contributed by atoms with Crippen molar-refractivity contribution < 1.29 is 0 Å². The Kier molecular flexibility index (Phi) is 5.74. The fraction of sp³-hybridized carbons (Fsp3) is 0.350. The van der Waals surface area contributed by atoms with Gasteiger partial charge in [-0.05, 0) is 48.1 Å². The smallest absolute Gasteiger partial charge is 0.0632 e. The summed E-state index contributed by atoms with van der Waals surface area (Å²) in [6, 6.07) is 19.7. The summed E-state index contributed by atoms with van der Waals surface area (Å²) in [7, 11) is 0. The summed E-state index contributed by atoms with van der Waals surface area (Å²) in [6.45, 7) is 8.86. The topological polar surface area (TPSA) is 12.4 Å². The van der Waals surface area contributed by atoms with E-state index < -0.39 is 0 Å². The molecule has 2 atom stereocenters. The minimum atomic E-state index is 0.570. The summed E-state index contributed by atoms with van der Waals surface area (Å²) < 4.78 is 0. The minimum Gasteiger partial charge on any atom is -0.296 e. The Morgan fingerprint density at radius 2 is 1.62 bits per heavy atom. The summed E-state index contributed by atoms with van der Waals surface area (Å²) in [5.41, 5.74) is 4.10.